The smallest absolute Gasteiger partial charge is 0.0759 e. The average Bonchev–Trinajstić information content (AvgIpc) is 2.06. The van der Waals surface area contributed by atoms with Crippen LogP contribution in [0.3, 0.4) is 0 Å². The topological polar surface area (TPSA) is 29.3 Å². The molecule has 0 saturated carbocycles. The van der Waals surface area contributed by atoms with Crippen LogP contribution < -0.4 is 5.73 Å². The molecule has 1 aliphatic rings. The molecule has 3 heteroatoms. The van der Waals surface area contributed by atoms with Crippen molar-refractivity contribution in [3.63, 3.8) is 0 Å². The third kappa shape index (κ3) is 2.72. The molecule has 0 radical (unpaired) electrons. The Morgan fingerprint density at radius 1 is 1.50 bits per heavy atom. The third-order valence-corrected chi connectivity index (χ3v) is 2.86. The highest BCUT2D eigenvalue weighted by Gasteiger charge is 2.19. The quantitative estimate of drug-likeness (QED) is 0.675. The molecule has 0 aromatic carbocycles. The van der Waals surface area contributed by atoms with Gasteiger partial charge in [0.15, 0.2) is 0 Å². The molecule has 70 valence electrons. The Morgan fingerprint density at radius 3 is 2.50 bits per heavy atom. The fourth-order valence-electron chi connectivity index (χ4n) is 1.76. The van der Waals surface area contributed by atoms with Gasteiger partial charge in [0.1, 0.15) is 0 Å². The van der Waals surface area contributed by atoms with E-state index in [-0.39, 0.29) is 0 Å². The van der Waals surface area contributed by atoms with Gasteiger partial charge in [-0.05, 0) is 38.9 Å². The Labute approximate surface area is 80.1 Å². The molecule has 0 amide bonds. The van der Waals surface area contributed by atoms with Gasteiger partial charge in [-0.2, -0.15) is 0 Å². The largest absolute Gasteiger partial charge is 0.393 e. The molecule has 12 heavy (non-hydrogen) atoms. The number of likely N-dealkylation sites (tertiary alicyclic amines) is 1. The zero-order valence-electron chi connectivity index (χ0n) is 7.75. The molecule has 0 spiro atoms. The van der Waals surface area contributed by atoms with Gasteiger partial charge < -0.3 is 10.6 Å². The third-order valence-electron chi connectivity index (χ3n) is 2.53. The maximum atomic E-state index is 5.60. The van der Waals surface area contributed by atoms with Gasteiger partial charge in [-0.15, -0.1) is 0 Å². The molecule has 2 N–H and O–H groups in total. The molecule has 1 heterocycles. The second kappa shape index (κ2) is 4.77. The lowest BCUT2D eigenvalue weighted by molar-refractivity contribution is 0.210. The number of rotatable bonds is 3. The Kier molecular flexibility index (Phi) is 3.95. The Morgan fingerprint density at radius 2 is 2.08 bits per heavy atom. The van der Waals surface area contributed by atoms with E-state index >= 15 is 0 Å². The van der Waals surface area contributed by atoms with Crippen LogP contribution in [0.15, 0.2) is 0 Å². The lowest BCUT2D eigenvalue weighted by atomic mass is 9.97. The highest BCUT2D eigenvalue weighted by molar-refractivity contribution is 7.80. The Hall–Kier alpha value is -0.150. The minimum Gasteiger partial charge on any atom is -0.393 e. The molecular weight excluding hydrogens is 168 g/mol. The van der Waals surface area contributed by atoms with Gasteiger partial charge in [0.05, 0.1) is 4.99 Å². The molecule has 0 aromatic rings. The average molecular weight is 186 g/mol. The van der Waals surface area contributed by atoms with Crippen LogP contribution in [0, 0.1) is 5.92 Å². The monoisotopic (exact) mass is 186 g/mol. The number of hydrogen-bond acceptors (Lipinski definition) is 2. The van der Waals surface area contributed by atoms with E-state index in [1.807, 2.05) is 0 Å². The van der Waals surface area contributed by atoms with Crippen molar-refractivity contribution in [3.05, 3.63) is 0 Å². The molecule has 0 atom stereocenters. The summed E-state index contributed by atoms with van der Waals surface area (Å²) in [6.07, 6.45) is 3.57. The van der Waals surface area contributed by atoms with Crippen LogP contribution in [0.1, 0.15) is 26.2 Å². The minimum atomic E-state index is 0.508. The van der Waals surface area contributed by atoms with Gasteiger partial charge in [0.25, 0.3) is 0 Å². The standard InChI is InChI=1S/C9H18N2S/c1-2-5-11-6-3-8(4-7-11)9(10)12/h8H,2-7H2,1H3,(H2,10,12). The maximum Gasteiger partial charge on any atom is 0.0759 e. The van der Waals surface area contributed by atoms with Crippen molar-refractivity contribution in [3.8, 4) is 0 Å². The van der Waals surface area contributed by atoms with Gasteiger partial charge in [-0.25, -0.2) is 0 Å². The van der Waals surface area contributed by atoms with E-state index in [4.69, 9.17) is 18.0 Å². The van der Waals surface area contributed by atoms with Crippen molar-refractivity contribution in [1.29, 1.82) is 0 Å². The van der Waals surface area contributed by atoms with Crippen LogP contribution in [-0.4, -0.2) is 29.5 Å². The molecule has 1 aliphatic heterocycles. The van der Waals surface area contributed by atoms with E-state index in [1.165, 1.54) is 26.1 Å². The minimum absolute atomic E-state index is 0.508. The summed E-state index contributed by atoms with van der Waals surface area (Å²) in [6, 6.07) is 0. The summed E-state index contributed by atoms with van der Waals surface area (Å²) in [6.45, 7) is 5.80. The number of thiocarbonyl (C=S) groups is 1. The summed E-state index contributed by atoms with van der Waals surface area (Å²) in [5.74, 6) is 0.508. The van der Waals surface area contributed by atoms with E-state index in [0.29, 0.717) is 10.9 Å². The lowest BCUT2D eigenvalue weighted by Gasteiger charge is -2.30. The van der Waals surface area contributed by atoms with E-state index in [0.717, 1.165) is 12.8 Å². The van der Waals surface area contributed by atoms with Gasteiger partial charge in [0, 0.05) is 5.92 Å². The summed E-state index contributed by atoms with van der Waals surface area (Å²) in [4.78, 5) is 3.21. The molecule has 1 rings (SSSR count). The zero-order valence-corrected chi connectivity index (χ0v) is 8.57. The first-order chi connectivity index (χ1) is 5.74. The fourth-order valence-corrected chi connectivity index (χ4v) is 1.99. The first kappa shape index (κ1) is 9.93. The van der Waals surface area contributed by atoms with Crippen LogP contribution >= 0.6 is 12.2 Å². The number of hydrogen-bond donors (Lipinski definition) is 1. The predicted octanol–water partition coefficient (Wildman–Crippen LogP) is 1.39. The van der Waals surface area contributed by atoms with Gasteiger partial charge in [0.2, 0.25) is 0 Å². The van der Waals surface area contributed by atoms with E-state index in [1.54, 1.807) is 0 Å². The van der Waals surface area contributed by atoms with Gasteiger partial charge in [-0.3, -0.25) is 0 Å². The summed E-state index contributed by atoms with van der Waals surface area (Å²) in [5.41, 5.74) is 5.60. The van der Waals surface area contributed by atoms with E-state index in [2.05, 4.69) is 11.8 Å². The molecular formula is C9H18N2S. The Balaban J connectivity index is 2.25. The van der Waals surface area contributed by atoms with Crippen LogP contribution in [0.4, 0.5) is 0 Å². The van der Waals surface area contributed by atoms with Gasteiger partial charge >= 0.3 is 0 Å². The van der Waals surface area contributed by atoms with Crippen molar-refractivity contribution in [1.82, 2.24) is 4.90 Å². The first-order valence-electron chi connectivity index (χ1n) is 4.75. The van der Waals surface area contributed by atoms with Crippen LogP contribution in [-0.2, 0) is 0 Å². The molecule has 1 saturated heterocycles. The van der Waals surface area contributed by atoms with Crippen molar-refractivity contribution < 1.29 is 0 Å². The number of nitrogens with zero attached hydrogens (tertiary/aromatic N) is 1. The predicted molar refractivity (Wildman–Crippen MR) is 56.2 cm³/mol. The van der Waals surface area contributed by atoms with E-state index in [9.17, 15) is 0 Å². The second-order valence-corrected chi connectivity index (χ2v) is 3.99. The number of piperidine rings is 1. The van der Waals surface area contributed by atoms with Crippen molar-refractivity contribution in [2.24, 2.45) is 11.7 Å². The van der Waals surface area contributed by atoms with Crippen LogP contribution in [0.2, 0.25) is 0 Å². The first-order valence-corrected chi connectivity index (χ1v) is 5.16. The van der Waals surface area contributed by atoms with Crippen molar-refractivity contribution in [2.75, 3.05) is 19.6 Å². The molecule has 0 bridgehead atoms. The van der Waals surface area contributed by atoms with Gasteiger partial charge in [-0.1, -0.05) is 19.1 Å². The molecule has 0 unspecified atom stereocenters. The summed E-state index contributed by atoms with van der Waals surface area (Å²) >= 11 is 4.98. The number of nitrogens with two attached hydrogens (primary N) is 1. The molecule has 1 fully saturated rings. The molecule has 2 nitrogen and oxygen atoms in total. The highest BCUT2D eigenvalue weighted by Crippen LogP contribution is 2.17. The molecule has 0 aliphatic carbocycles. The Bertz CT molecular complexity index is 151. The van der Waals surface area contributed by atoms with Crippen LogP contribution in [0.5, 0.6) is 0 Å². The zero-order chi connectivity index (χ0) is 8.97. The second-order valence-electron chi connectivity index (χ2n) is 3.52. The lowest BCUT2D eigenvalue weighted by Crippen LogP contribution is -2.38. The van der Waals surface area contributed by atoms with Crippen molar-refractivity contribution >= 4 is 17.2 Å². The highest BCUT2D eigenvalue weighted by atomic mass is 32.1. The summed E-state index contributed by atoms with van der Waals surface area (Å²) < 4.78 is 0. The summed E-state index contributed by atoms with van der Waals surface area (Å²) in [5, 5.41) is 0. The summed E-state index contributed by atoms with van der Waals surface area (Å²) in [7, 11) is 0. The fraction of sp³-hybridized carbons (Fsp3) is 0.889. The SMILES string of the molecule is CCCN1CCC(C(N)=S)CC1. The molecule has 0 aromatic heterocycles. The maximum absolute atomic E-state index is 5.60. The van der Waals surface area contributed by atoms with E-state index < -0.39 is 0 Å². The van der Waals surface area contributed by atoms with Crippen molar-refractivity contribution in [2.45, 2.75) is 26.2 Å². The normalized spacial score (nSPS) is 21.1. The van der Waals surface area contributed by atoms with Crippen LogP contribution in [0.25, 0.3) is 0 Å².